The fraction of sp³-hybridized carbons (Fsp3) is 0.278. The van der Waals surface area contributed by atoms with Crippen LogP contribution >= 0.6 is 0 Å². The molecule has 0 fully saturated rings. The van der Waals surface area contributed by atoms with Crippen molar-refractivity contribution in [1.82, 2.24) is 24.9 Å². The van der Waals surface area contributed by atoms with Crippen molar-refractivity contribution in [2.45, 2.75) is 33.7 Å². The molecule has 1 N–H and O–H groups in total. The van der Waals surface area contributed by atoms with Gasteiger partial charge in [-0.1, -0.05) is 0 Å². The van der Waals surface area contributed by atoms with Crippen LogP contribution in [0.15, 0.2) is 37.1 Å². The van der Waals surface area contributed by atoms with Crippen molar-refractivity contribution < 1.29 is 0 Å². The van der Waals surface area contributed by atoms with Gasteiger partial charge < -0.3 is 5.32 Å². The van der Waals surface area contributed by atoms with Crippen LogP contribution in [0.3, 0.4) is 0 Å². The molecular formula is C18H20N6. The number of aromatic nitrogens is 5. The van der Waals surface area contributed by atoms with Gasteiger partial charge in [-0.05, 0) is 39.8 Å². The second-order valence-electron chi connectivity index (χ2n) is 5.77. The summed E-state index contributed by atoms with van der Waals surface area (Å²) in [5.74, 6) is 1.55. The number of rotatable bonds is 4. The Kier molecular flexibility index (Phi) is 4.46. The molecule has 3 rings (SSSR count). The van der Waals surface area contributed by atoms with Crippen molar-refractivity contribution in [2.75, 3.05) is 5.32 Å². The van der Waals surface area contributed by atoms with Crippen LogP contribution < -0.4 is 5.32 Å². The Morgan fingerprint density at radius 1 is 0.958 bits per heavy atom. The summed E-state index contributed by atoms with van der Waals surface area (Å²) < 4.78 is 0. The number of nitrogens with zero attached hydrogens (tertiary/aromatic N) is 5. The fourth-order valence-electron chi connectivity index (χ4n) is 2.51. The number of pyridine rings is 1. The van der Waals surface area contributed by atoms with E-state index in [0.29, 0.717) is 5.82 Å². The molecule has 0 aromatic carbocycles. The quantitative estimate of drug-likeness (QED) is 0.793. The van der Waals surface area contributed by atoms with Gasteiger partial charge in [0, 0.05) is 46.7 Å². The van der Waals surface area contributed by atoms with E-state index in [1.54, 1.807) is 18.7 Å². The molecule has 3 aromatic heterocycles. The highest BCUT2D eigenvalue weighted by molar-refractivity contribution is 5.54. The molecule has 122 valence electrons. The van der Waals surface area contributed by atoms with E-state index in [9.17, 15) is 0 Å². The summed E-state index contributed by atoms with van der Waals surface area (Å²) in [7, 11) is 0. The van der Waals surface area contributed by atoms with Crippen molar-refractivity contribution >= 4 is 5.82 Å². The minimum atomic E-state index is 0.0458. The molecule has 0 amide bonds. The highest BCUT2D eigenvalue weighted by Gasteiger charge is 2.14. The molecule has 1 unspecified atom stereocenters. The summed E-state index contributed by atoms with van der Waals surface area (Å²) in [5, 5.41) is 3.43. The average Bonchev–Trinajstić information content (AvgIpc) is 2.59. The third-order valence-corrected chi connectivity index (χ3v) is 4.11. The smallest absolute Gasteiger partial charge is 0.159 e. The molecule has 0 bridgehead atoms. The largest absolute Gasteiger partial charge is 0.363 e. The van der Waals surface area contributed by atoms with Crippen LogP contribution in [0.5, 0.6) is 0 Å². The van der Waals surface area contributed by atoms with Gasteiger partial charge in [0.25, 0.3) is 0 Å². The molecule has 3 aromatic rings. The summed E-state index contributed by atoms with van der Waals surface area (Å²) in [6.07, 6.45) is 6.94. The van der Waals surface area contributed by atoms with Crippen LogP contribution in [-0.4, -0.2) is 24.9 Å². The molecular weight excluding hydrogens is 300 g/mol. The Balaban J connectivity index is 1.85. The molecule has 0 aliphatic carbocycles. The zero-order valence-electron chi connectivity index (χ0n) is 14.3. The maximum atomic E-state index is 4.63. The molecule has 0 radical (unpaired) electrons. The average molecular weight is 320 g/mol. The summed E-state index contributed by atoms with van der Waals surface area (Å²) in [5.41, 5.74) is 4.98. The third kappa shape index (κ3) is 3.22. The van der Waals surface area contributed by atoms with Gasteiger partial charge in [-0.3, -0.25) is 4.98 Å². The summed E-state index contributed by atoms with van der Waals surface area (Å²) >= 11 is 0. The Bertz CT molecular complexity index is 847. The van der Waals surface area contributed by atoms with Crippen LogP contribution in [0.25, 0.3) is 11.4 Å². The Morgan fingerprint density at radius 2 is 1.71 bits per heavy atom. The molecule has 1 atom stereocenters. The van der Waals surface area contributed by atoms with Crippen LogP contribution in [0, 0.1) is 20.8 Å². The highest BCUT2D eigenvalue weighted by atomic mass is 15.0. The van der Waals surface area contributed by atoms with Crippen molar-refractivity contribution in [3.05, 3.63) is 59.6 Å². The first-order valence-electron chi connectivity index (χ1n) is 7.85. The molecule has 24 heavy (non-hydrogen) atoms. The molecule has 0 aliphatic heterocycles. The summed E-state index contributed by atoms with van der Waals surface area (Å²) in [6.45, 7) is 8.07. The normalized spacial score (nSPS) is 12.0. The third-order valence-electron chi connectivity index (χ3n) is 4.11. The molecule has 0 spiro atoms. The second-order valence-corrected chi connectivity index (χ2v) is 5.77. The SMILES string of the molecule is Cc1nc(-c2ccncc2)ncc1C(C)Nc1ncnc(C)c1C. The number of nitrogens with one attached hydrogen (secondary N) is 1. The van der Waals surface area contributed by atoms with Crippen molar-refractivity contribution in [2.24, 2.45) is 0 Å². The second kappa shape index (κ2) is 6.70. The zero-order valence-corrected chi connectivity index (χ0v) is 14.3. The number of aryl methyl sites for hydroxylation is 2. The first-order chi connectivity index (χ1) is 11.6. The van der Waals surface area contributed by atoms with Crippen LogP contribution in [0.1, 0.15) is 35.5 Å². The Hall–Kier alpha value is -2.89. The standard InChI is InChI=1S/C18H20N6/c1-11-12(2)21-10-22-17(11)23-13(3)16-9-20-18(24-14(16)4)15-5-7-19-8-6-15/h5-10,13H,1-4H3,(H,21,22,23). The van der Waals surface area contributed by atoms with E-state index in [1.165, 1.54) is 0 Å². The Labute approximate surface area is 141 Å². The molecule has 0 saturated heterocycles. The minimum absolute atomic E-state index is 0.0458. The van der Waals surface area contributed by atoms with Crippen LogP contribution in [0.2, 0.25) is 0 Å². The van der Waals surface area contributed by atoms with Crippen LogP contribution in [0.4, 0.5) is 5.82 Å². The lowest BCUT2D eigenvalue weighted by Crippen LogP contribution is -2.13. The number of hydrogen-bond acceptors (Lipinski definition) is 6. The molecule has 6 nitrogen and oxygen atoms in total. The maximum absolute atomic E-state index is 4.63. The predicted octanol–water partition coefficient (Wildman–Crippen LogP) is 3.43. The fourth-order valence-corrected chi connectivity index (χ4v) is 2.51. The predicted molar refractivity (Wildman–Crippen MR) is 93.5 cm³/mol. The van der Waals surface area contributed by atoms with E-state index >= 15 is 0 Å². The van der Waals surface area contributed by atoms with Gasteiger partial charge in [-0.2, -0.15) is 0 Å². The van der Waals surface area contributed by atoms with Gasteiger partial charge >= 0.3 is 0 Å². The van der Waals surface area contributed by atoms with Gasteiger partial charge in [0.15, 0.2) is 5.82 Å². The maximum Gasteiger partial charge on any atom is 0.159 e. The van der Waals surface area contributed by atoms with E-state index in [2.05, 4.69) is 37.2 Å². The lowest BCUT2D eigenvalue weighted by molar-refractivity contribution is 0.832. The van der Waals surface area contributed by atoms with Crippen molar-refractivity contribution in [3.63, 3.8) is 0 Å². The van der Waals surface area contributed by atoms with E-state index < -0.39 is 0 Å². The Morgan fingerprint density at radius 3 is 2.42 bits per heavy atom. The van der Waals surface area contributed by atoms with Gasteiger partial charge in [0.05, 0.1) is 6.04 Å². The molecule has 3 heterocycles. The van der Waals surface area contributed by atoms with Gasteiger partial charge in [0.2, 0.25) is 0 Å². The van der Waals surface area contributed by atoms with E-state index in [1.807, 2.05) is 39.1 Å². The van der Waals surface area contributed by atoms with Gasteiger partial charge in [-0.25, -0.2) is 19.9 Å². The van der Waals surface area contributed by atoms with Crippen LogP contribution in [-0.2, 0) is 0 Å². The van der Waals surface area contributed by atoms with Crippen molar-refractivity contribution in [3.8, 4) is 11.4 Å². The van der Waals surface area contributed by atoms with Gasteiger partial charge in [-0.15, -0.1) is 0 Å². The minimum Gasteiger partial charge on any atom is -0.363 e. The topological polar surface area (TPSA) is 76.5 Å². The summed E-state index contributed by atoms with van der Waals surface area (Å²) in [6, 6.07) is 3.86. The highest BCUT2D eigenvalue weighted by Crippen LogP contribution is 2.24. The first kappa shape index (κ1) is 16.0. The van der Waals surface area contributed by atoms with E-state index in [0.717, 1.165) is 33.9 Å². The zero-order chi connectivity index (χ0) is 17.1. The van der Waals surface area contributed by atoms with Gasteiger partial charge in [0.1, 0.15) is 12.1 Å². The lowest BCUT2D eigenvalue weighted by Gasteiger charge is -2.18. The molecule has 0 aliphatic rings. The summed E-state index contributed by atoms with van der Waals surface area (Å²) in [4.78, 5) is 21.7. The lowest BCUT2D eigenvalue weighted by atomic mass is 10.1. The first-order valence-corrected chi connectivity index (χ1v) is 7.85. The molecule has 6 heteroatoms. The number of anilines is 1. The monoisotopic (exact) mass is 320 g/mol. The molecule has 0 saturated carbocycles. The van der Waals surface area contributed by atoms with E-state index in [4.69, 9.17) is 0 Å². The van der Waals surface area contributed by atoms with E-state index in [-0.39, 0.29) is 6.04 Å². The number of hydrogen-bond donors (Lipinski definition) is 1. The van der Waals surface area contributed by atoms with Crippen molar-refractivity contribution in [1.29, 1.82) is 0 Å².